The second kappa shape index (κ2) is 6.14. The molecule has 0 aliphatic rings. The molecule has 5 heteroatoms. The zero-order valence-corrected chi connectivity index (χ0v) is 8.03. The van der Waals surface area contributed by atoms with Crippen LogP contribution in [0.4, 0.5) is 0 Å². The van der Waals surface area contributed by atoms with Crippen LogP contribution in [0.1, 0.15) is 6.42 Å². The highest BCUT2D eigenvalue weighted by Gasteiger charge is 2.26. The highest BCUT2D eigenvalue weighted by molar-refractivity contribution is 9.09. The van der Waals surface area contributed by atoms with Gasteiger partial charge >= 0.3 is 5.97 Å². The van der Waals surface area contributed by atoms with E-state index in [0.29, 0.717) is 11.6 Å². The van der Waals surface area contributed by atoms with Crippen LogP contribution in [0.25, 0.3) is 0 Å². The monoisotopic (exact) mass is 238 g/mol. The Bertz CT molecular complexity index is 159. The minimum atomic E-state index is -1.04. The van der Waals surface area contributed by atoms with E-state index in [-0.39, 0.29) is 13.0 Å². The van der Waals surface area contributed by atoms with Gasteiger partial charge in [0.1, 0.15) is 6.29 Å². The Kier molecular flexibility index (Phi) is 5.92. The molecule has 0 bridgehead atoms. The number of alkyl halides is 1. The normalized spacial score (nSPS) is 15.2. The first kappa shape index (κ1) is 11.6. The minimum absolute atomic E-state index is 0.115. The molecule has 0 heterocycles. The van der Waals surface area contributed by atoms with Crippen LogP contribution in [0.15, 0.2) is 0 Å². The van der Waals surface area contributed by atoms with Crippen LogP contribution in [0, 0.1) is 11.8 Å². The molecule has 2 N–H and O–H groups in total. The number of hydrogen-bond acceptors (Lipinski definition) is 3. The second-order valence-electron chi connectivity index (χ2n) is 2.41. The van der Waals surface area contributed by atoms with Crippen LogP contribution in [0.5, 0.6) is 0 Å². The number of aliphatic hydroxyl groups excluding tert-OH is 1. The van der Waals surface area contributed by atoms with Crippen molar-refractivity contribution in [2.75, 3.05) is 11.9 Å². The number of halogens is 1. The molecule has 0 saturated heterocycles. The van der Waals surface area contributed by atoms with E-state index >= 15 is 0 Å². The predicted octanol–water partition coefficient (Wildman–Crippen LogP) is 0.280. The summed E-state index contributed by atoms with van der Waals surface area (Å²) >= 11 is 3.04. The van der Waals surface area contributed by atoms with E-state index in [9.17, 15) is 9.59 Å². The van der Waals surface area contributed by atoms with Crippen LogP contribution < -0.4 is 0 Å². The molecule has 0 aromatic carbocycles. The van der Waals surface area contributed by atoms with Crippen molar-refractivity contribution >= 4 is 28.2 Å². The zero-order chi connectivity index (χ0) is 9.56. The molecule has 0 aliphatic carbocycles. The largest absolute Gasteiger partial charge is 0.481 e. The number of carbonyl (C=O) groups is 2. The maximum atomic E-state index is 10.6. The van der Waals surface area contributed by atoms with Gasteiger partial charge in [-0.3, -0.25) is 4.79 Å². The number of carboxylic acid groups (broad SMARTS) is 1. The lowest BCUT2D eigenvalue weighted by Crippen LogP contribution is -2.26. The Morgan fingerprint density at radius 2 is 2.17 bits per heavy atom. The molecule has 70 valence electrons. The van der Waals surface area contributed by atoms with Crippen molar-refractivity contribution in [2.45, 2.75) is 6.42 Å². The number of hydrogen-bond donors (Lipinski definition) is 2. The van der Waals surface area contributed by atoms with E-state index in [1.54, 1.807) is 0 Å². The summed E-state index contributed by atoms with van der Waals surface area (Å²) < 4.78 is 0. The fraction of sp³-hybridized carbons (Fsp3) is 0.714. The van der Waals surface area contributed by atoms with Crippen LogP contribution >= 0.6 is 15.9 Å². The van der Waals surface area contributed by atoms with Crippen molar-refractivity contribution in [3.8, 4) is 0 Å². The van der Waals surface area contributed by atoms with Crippen LogP contribution in [0.2, 0.25) is 0 Å². The summed E-state index contributed by atoms with van der Waals surface area (Å²) in [6.07, 6.45) is 0.716. The van der Waals surface area contributed by atoms with Crippen molar-refractivity contribution in [1.82, 2.24) is 0 Å². The quantitative estimate of drug-likeness (QED) is 0.515. The van der Waals surface area contributed by atoms with Crippen molar-refractivity contribution < 1.29 is 19.8 Å². The van der Waals surface area contributed by atoms with Crippen LogP contribution in [0.3, 0.4) is 0 Å². The summed E-state index contributed by atoms with van der Waals surface area (Å²) in [4.78, 5) is 20.9. The van der Waals surface area contributed by atoms with Gasteiger partial charge < -0.3 is 15.0 Å². The molecular formula is C7H11BrO4. The molecule has 0 amide bonds. The summed E-state index contributed by atoms with van der Waals surface area (Å²) in [5.41, 5.74) is 0. The Morgan fingerprint density at radius 3 is 2.42 bits per heavy atom. The fourth-order valence-corrected chi connectivity index (χ4v) is 1.50. The van der Waals surface area contributed by atoms with Gasteiger partial charge in [0.25, 0.3) is 0 Å². The molecule has 2 unspecified atom stereocenters. The van der Waals surface area contributed by atoms with Crippen molar-refractivity contribution in [1.29, 1.82) is 0 Å². The van der Waals surface area contributed by atoms with Gasteiger partial charge in [-0.1, -0.05) is 15.9 Å². The van der Waals surface area contributed by atoms with Crippen molar-refractivity contribution in [3.05, 3.63) is 0 Å². The van der Waals surface area contributed by atoms with E-state index in [2.05, 4.69) is 15.9 Å². The smallest absolute Gasteiger partial charge is 0.307 e. The number of aliphatic hydroxyl groups is 1. The number of carboxylic acids is 1. The Hall–Kier alpha value is -0.420. The molecule has 4 nitrogen and oxygen atoms in total. The lowest BCUT2D eigenvalue weighted by molar-refractivity contribution is -0.145. The third-order valence-corrected chi connectivity index (χ3v) is 2.37. The average Bonchev–Trinajstić information content (AvgIpc) is 2.05. The average molecular weight is 239 g/mol. The summed E-state index contributed by atoms with van der Waals surface area (Å²) in [6.45, 7) is -0.214. The zero-order valence-electron chi connectivity index (χ0n) is 6.44. The van der Waals surface area contributed by atoms with Crippen LogP contribution in [-0.4, -0.2) is 34.4 Å². The van der Waals surface area contributed by atoms with E-state index in [1.807, 2.05) is 0 Å². The summed E-state index contributed by atoms with van der Waals surface area (Å²) in [6, 6.07) is 0. The van der Waals surface area contributed by atoms with E-state index in [1.165, 1.54) is 0 Å². The Balaban J connectivity index is 4.24. The van der Waals surface area contributed by atoms with Crippen molar-refractivity contribution in [3.63, 3.8) is 0 Å². The summed E-state index contributed by atoms with van der Waals surface area (Å²) in [5.74, 6) is -2.39. The van der Waals surface area contributed by atoms with Gasteiger partial charge in [0.05, 0.1) is 5.92 Å². The van der Waals surface area contributed by atoms with Gasteiger partial charge in [0.2, 0.25) is 0 Å². The van der Waals surface area contributed by atoms with Crippen molar-refractivity contribution in [2.24, 2.45) is 11.8 Å². The lowest BCUT2D eigenvalue weighted by atomic mass is 9.93. The molecule has 0 aliphatic heterocycles. The topological polar surface area (TPSA) is 74.6 Å². The number of rotatable bonds is 6. The first-order chi connectivity index (χ1) is 5.67. The first-order valence-corrected chi connectivity index (χ1v) is 4.64. The van der Waals surface area contributed by atoms with Gasteiger partial charge in [-0.05, 0) is 6.42 Å². The minimum Gasteiger partial charge on any atom is -0.481 e. The van der Waals surface area contributed by atoms with Gasteiger partial charge in [0, 0.05) is 17.9 Å². The molecule has 0 fully saturated rings. The van der Waals surface area contributed by atoms with E-state index in [4.69, 9.17) is 10.2 Å². The first-order valence-electron chi connectivity index (χ1n) is 3.52. The number of aldehydes is 1. The molecule has 0 radical (unpaired) electrons. The SMILES string of the molecule is O=CC(CBr)C(CCO)C(=O)O. The van der Waals surface area contributed by atoms with E-state index in [0.717, 1.165) is 0 Å². The summed E-state index contributed by atoms with van der Waals surface area (Å²) in [5, 5.41) is 17.5. The fourth-order valence-electron chi connectivity index (χ4n) is 0.899. The maximum absolute atomic E-state index is 10.6. The third kappa shape index (κ3) is 3.32. The molecule has 0 aromatic heterocycles. The van der Waals surface area contributed by atoms with Gasteiger partial charge in [-0.25, -0.2) is 0 Å². The molecule has 0 saturated carbocycles. The molecule has 0 rings (SSSR count). The van der Waals surface area contributed by atoms with E-state index < -0.39 is 17.8 Å². The third-order valence-electron chi connectivity index (χ3n) is 1.63. The molecule has 0 aromatic rings. The molecular weight excluding hydrogens is 228 g/mol. The number of carbonyl (C=O) groups excluding carboxylic acids is 1. The van der Waals surface area contributed by atoms with Gasteiger partial charge in [0.15, 0.2) is 0 Å². The predicted molar refractivity (Wildman–Crippen MR) is 46.2 cm³/mol. The van der Waals surface area contributed by atoms with Crippen LogP contribution in [-0.2, 0) is 9.59 Å². The van der Waals surface area contributed by atoms with Gasteiger partial charge in [-0.15, -0.1) is 0 Å². The Morgan fingerprint density at radius 1 is 1.58 bits per heavy atom. The summed E-state index contributed by atoms with van der Waals surface area (Å²) in [7, 11) is 0. The molecule has 12 heavy (non-hydrogen) atoms. The maximum Gasteiger partial charge on any atom is 0.307 e. The molecule has 0 spiro atoms. The lowest BCUT2D eigenvalue weighted by Gasteiger charge is -2.14. The van der Waals surface area contributed by atoms with Gasteiger partial charge in [-0.2, -0.15) is 0 Å². The highest BCUT2D eigenvalue weighted by Crippen LogP contribution is 2.16. The standard InChI is InChI=1S/C7H11BrO4/c8-3-5(4-10)6(1-2-9)7(11)12/h4-6,9H,1-3H2,(H,11,12). The highest BCUT2D eigenvalue weighted by atomic mass is 79.9. The number of aliphatic carboxylic acids is 1. The molecule has 2 atom stereocenters. The second-order valence-corrected chi connectivity index (χ2v) is 3.06. The Labute approximate surface area is 78.7 Å².